The maximum Gasteiger partial charge on any atom is 0.0414 e. The number of rotatable bonds is 48. The third kappa shape index (κ3) is 79.7. The summed E-state index contributed by atoms with van der Waals surface area (Å²) in [6, 6.07) is 0. The van der Waals surface area contributed by atoms with Gasteiger partial charge < -0.3 is 35.2 Å². The zero-order valence-corrected chi connectivity index (χ0v) is 45.7. The number of carbonyl (C=O) groups is 3. The van der Waals surface area contributed by atoms with Gasteiger partial charge in [-0.1, -0.05) is 290 Å². The summed E-state index contributed by atoms with van der Waals surface area (Å²) in [6.07, 6.45) is 59.6. The Hall–Kier alpha value is -0.708. The van der Waals surface area contributed by atoms with E-state index in [-0.39, 0.29) is 52.0 Å². The minimum Gasteiger partial charge on any atom is -0.870 e. The molecule has 0 aromatic heterocycles. The molecule has 0 unspecified atom stereocenters. The summed E-state index contributed by atoms with van der Waals surface area (Å²) in [5, 5.41) is 30.7. The van der Waals surface area contributed by atoms with Gasteiger partial charge >= 0.3 is 0 Å². The molecule has 0 heterocycles. The van der Waals surface area contributed by atoms with Crippen LogP contribution in [0.1, 0.15) is 329 Å². The summed E-state index contributed by atoms with van der Waals surface area (Å²) in [6.45, 7) is 6.80. The first-order valence-corrected chi connectivity index (χ1v) is 26.9. The Morgan fingerprint density at radius 2 is 0.323 bits per heavy atom. The molecule has 8 heteroatoms. The van der Waals surface area contributed by atoms with Crippen LogP contribution >= 0.6 is 0 Å². The third-order valence-electron chi connectivity index (χ3n) is 12.0. The standard InChI is InChI=1S/3C18H36O2.H2O.Pb/c3*1-2-3-4-5-6-7-8-9-10-11-12-13-14-15-16-17-18(19)20;;/h3*2-17H2,1H3,(H,19,20);1H2;/p-4. The molecule has 0 saturated heterocycles. The van der Waals surface area contributed by atoms with Crippen molar-refractivity contribution in [2.24, 2.45) is 0 Å². The molecule has 7 nitrogen and oxygen atoms in total. The fourth-order valence-corrected chi connectivity index (χ4v) is 7.92. The van der Waals surface area contributed by atoms with Gasteiger partial charge in [-0.25, -0.2) is 0 Å². The van der Waals surface area contributed by atoms with Gasteiger partial charge in [0.2, 0.25) is 0 Å². The molecule has 1 N–H and O–H groups in total. The molecule has 0 aromatic rings. The van der Waals surface area contributed by atoms with E-state index in [1.165, 1.54) is 250 Å². The van der Waals surface area contributed by atoms with Crippen LogP contribution in [-0.4, -0.2) is 50.7 Å². The molecule has 0 aliphatic rings. The number of carboxylic acids is 3. The molecular weight excluding hydrogens is 968 g/mol. The molecule has 62 heavy (non-hydrogen) atoms. The molecular formula is C54H106O7Pb-4. The van der Waals surface area contributed by atoms with E-state index in [2.05, 4.69) is 20.8 Å². The molecule has 0 atom stereocenters. The Bertz CT molecular complexity index is 720. The molecule has 0 spiro atoms. The predicted molar refractivity (Wildman–Crippen MR) is 261 cm³/mol. The van der Waals surface area contributed by atoms with Gasteiger partial charge in [-0.05, 0) is 38.5 Å². The van der Waals surface area contributed by atoms with Crippen molar-refractivity contribution in [3.63, 3.8) is 0 Å². The monoisotopic (exact) mass is 1070 g/mol. The third-order valence-corrected chi connectivity index (χ3v) is 12.0. The average molecular weight is 1070 g/mol. The zero-order chi connectivity index (χ0) is 44.7. The van der Waals surface area contributed by atoms with E-state index in [9.17, 15) is 29.7 Å². The largest absolute Gasteiger partial charge is 0.870 e. The summed E-state index contributed by atoms with van der Waals surface area (Å²) in [5.41, 5.74) is 0. The van der Waals surface area contributed by atoms with Crippen molar-refractivity contribution in [3.8, 4) is 0 Å². The number of carbonyl (C=O) groups excluding carboxylic acids is 3. The van der Waals surface area contributed by atoms with Crippen LogP contribution in [0.15, 0.2) is 0 Å². The van der Waals surface area contributed by atoms with Crippen molar-refractivity contribution in [2.45, 2.75) is 329 Å². The predicted octanol–water partition coefficient (Wildman–Crippen LogP) is 14.4. The second-order valence-electron chi connectivity index (χ2n) is 18.2. The van der Waals surface area contributed by atoms with Crippen LogP contribution in [-0.2, 0) is 14.4 Å². The van der Waals surface area contributed by atoms with E-state index in [0.29, 0.717) is 0 Å². The van der Waals surface area contributed by atoms with Gasteiger partial charge in [-0.3, -0.25) is 0 Å². The van der Waals surface area contributed by atoms with Gasteiger partial charge in [-0.2, -0.15) is 0 Å². The first-order valence-electron chi connectivity index (χ1n) is 26.9. The molecule has 4 radical (unpaired) electrons. The smallest absolute Gasteiger partial charge is 0.0414 e. The minimum absolute atomic E-state index is 0. The number of carboxylic acid groups (broad SMARTS) is 3. The van der Waals surface area contributed by atoms with Crippen LogP contribution in [0.25, 0.3) is 0 Å². The summed E-state index contributed by atoms with van der Waals surface area (Å²) >= 11 is 0. The van der Waals surface area contributed by atoms with Gasteiger partial charge in [0.15, 0.2) is 0 Å². The number of hydrogen-bond acceptors (Lipinski definition) is 7. The molecule has 0 amide bonds. The Morgan fingerprint density at radius 3 is 0.419 bits per heavy atom. The van der Waals surface area contributed by atoms with Crippen molar-refractivity contribution in [2.75, 3.05) is 0 Å². The van der Waals surface area contributed by atoms with Crippen molar-refractivity contribution >= 4 is 45.2 Å². The van der Waals surface area contributed by atoms with Crippen molar-refractivity contribution in [3.05, 3.63) is 0 Å². The average Bonchev–Trinajstić information content (AvgIpc) is 3.22. The topological polar surface area (TPSA) is 150 Å². The molecule has 0 bridgehead atoms. The van der Waals surface area contributed by atoms with E-state index < -0.39 is 17.9 Å². The van der Waals surface area contributed by atoms with E-state index in [4.69, 9.17) is 0 Å². The van der Waals surface area contributed by atoms with Gasteiger partial charge in [0.1, 0.15) is 0 Å². The number of unbranched alkanes of at least 4 members (excludes halogenated alkanes) is 42. The summed E-state index contributed by atoms with van der Waals surface area (Å²) in [7, 11) is 0. The molecule has 0 aromatic carbocycles. The van der Waals surface area contributed by atoms with Crippen LogP contribution in [0.4, 0.5) is 0 Å². The number of aliphatic carboxylic acids is 3. The van der Waals surface area contributed by atoms with Crippen LogP contribution < -0.4 is 15.3 Å². The normalized spacial score (nSPS) is 10.5. The van der Waals surface area contributed by atoms with Crippen molar-refractivity contribution in [1.29, 1.82) is 0 Å². The van der Waals surface area contributed by atoms with E-state index >= 15 is 0 Å². The fraction of sp³-hybridized carbons (Fsp3) is 0.944. The fourth-order valence-electron chi connectivity index (χ4n) is 7.92. The quantitative estimate of drug-likeness (QED) is 0.0435. The van der Waals surface area contributed by atoms with Crippen molar-refractivity contribution < 1.29 is 35.2 Å². The van der Waals surface area contributed by atoms with Crippen LogP contribution in [0.3, 0.4) is 0 Å². The van der Waals surface area contributed by atoms with E-state index in [1.807, 2.05) is 0 Å². The Labute approximate surface area is 407 Å². The number of hydrogen-bond donors (Lipinski definition) is 0. The first kappa shape index (κ1) is 70.3. The summed E-state index contributed by atoms with van der Waals surface area (Å²) in [5.74, 6) is -2.71. The Balaban J connectivity index is -0.000000258. The van der Waals surface area contributed by atoms with Crippen LogP contribution in [0, 0.1) is 0 Å². The zero-order valence-electron chi connectivity index (χ0n) is 41.8. The van der Waals surface area contributed by atoms with Gasteiger partial charge in [0.05, 0.1) is 0 Å². The molecule has 0 aliphatic carbocycles. The Kier molecular flexibility index (Phi) is 75.9. The van der Waals surface area contributed by atoms with Gasteiger partial charge in [0.25, 0.3) is 0 Å². The van der Waals surface area contributed by atoms with Gasteiger partial charge in [0, 0.05) is 45.2 Å². The SMILES string of the molecule is CCCCCCCCCCCCCCCCCC(=O)[O-].CCCCCCCCCCCCCCCCCC(=O)[O-].CCCCCCCCCCCCCCCCCC(=O)[O-].[OH-].[Pb]. The second kappa shape index (κ2) is 66.9. The van der Waals surface area contributed by atoms with E-state index in [0.717, 1.165) is 38.5 Å². The van der Waals surface area contributed by atoms with E-state index in [1.54, 1.807) is 0 Å². The molecule has 372 valence electrons. The maximum absolute atomic E-state index is 10.2. The van der Waals surface area contributed by atoms with Crippen molar-refractivity contribution in [1.82, 2.24) is 0 Å². The first-order chi connectivity index (χ1) is 29.3. The molecule has 0 aliphatic heterocycles. The van der Waals surface area contributed by atoms with Crippen LogP contribution in [0.2, 0.25) is 0 Å². The second-order valence-corrected chi connectivity index (χ2v) is 18.2. The summed E-state index contributed by atoms with van der Waals surface area (Å²) in [4.78, 5) is 30.7. The minimum atomic E-state index is -0.903. The molecule has 0 saturated carbocycles. The van der Waals surface area contributed by atoms with Gasteiger partial charge in [-0.15, -0.1) is 0 Å². The maximum atomic E-state index is 10.2. The summed E-state index contributed by atoms with van der Waals surface area (Å²) < 4.78 is 0. The molecule has 0 fully saturated rings. The molecule has 0 rings (SSSR count). The Morgan fingerprint density at radius 1 is 0.226 bits per heavy atom. The van der Waals surface area contributed by atoms with Crippen LogP contribution in [0.5, 0.6) is 0 Å².